The van der Waals surface area contributed by atoms with E-state index in [1.807, 2.05) is 37.3 Å². The van der Waals surface area contributed by atoms with Crippen LogP contribution in [-0.4, -0.2) is 23.3 Å². The molecule has 3 aromatic rings. The lowest BCUT2D eigenvalue weighted by Gasteiger charge is -2.11. The Labute approximate surface area is 170 Å². The average molecular weight is 388 g/mol. The van der Waals surface area contributed by atoms with E-state index in [9.17, 15) is 9.59 Å². The number of carbonyl (C=O) groups excluding carboxylic acids is 2. The van der Waals surface area contributed by atoms with E-state index in [0.29, 0.717) is 30.8 Å². The maximum absolute atomic E-state index is 12.3. The van der Waals surface area contributed by atoms with Crippen LogP contribution in [0.15, 0.2) is 67.0 Å². The first-order valence-electron chi connectivity index (χ1n) is 9.57. The van der Waals surface area contributed by atoms with Gasteiger partial charge in [0, 0.05) is 30.1 Å². The number of nitrogens with zero attached hydrogens (tertiary/aromatic N) is 1. The fourth-order valence-electron chi connectivity index (χ4n) is 2.92. The molecule has 1 heterocycles. The van der Waals surface area contributed by atoms with E-state index in [0.717, 1.165) is 22.4 Å². The number of aryl methyl sites for hydroxylation is 1. The number of hydrogen-bond acceptors (Lipinski definition) is 4. The number of anilines is 1. The van der Waals surface area contributed by atoms with Crippen LogP contribution in [0.5, 0.6) is 5.75 Å². The van der Waals surface area contributed by atoms with E-state index in [2.05, 4.69) is 10.3 Å². The number of carbonyl (C=O) groups is 2. The molecule has 3 rings (SSSR count). The van der Waals surface area contributed by atoms with Gasteiger partial charge in [-0.15, -0.1) is 0 Å². The SMILES string of the molecule is CC(=O)c1cccc(OCCCC(=O)Nc2cc(-c3ccncc3)ccc2C)c1. The Morgan fingerprint density at radius 3 is 2.55 bits per heavy atom. The van der Waals surface area contributed by atoms with Crippen LogP contribution in [-0.2, 0) is 4.79 Å². The van der Waals surface area contributed by atoms with Crippen molar-refractivity contribution in [3.05, 3.63) is 78.1 Å². The zero-order valence-corrected chi connectivity index (χ0v) is 16.6. The largest absolute Gasteiger partial charge is 0.494 e. The van der Waals surface area contributed by atoms with Crippen LogP contribution in [0, 0.1) is 6.92 Å². The smallest absolute Gasteiger partial charge is 0.224 e. The Balaban J connectivity index is 1.52. The minimum absolute atomic E-state index is 0.000747. The van der Waals surface area contributed by atoms with Crippen LogP contribution in [0.1, 0.15) is 35.7 Å². The van der Waals surface area contributed by atoms with Gasteiger partial charge in [0.05, 0.1) is 6.61 Å². The molecule has 2 aromatic carbocycles. The summed E-state index contributed by atoms with van der Waals surface area (Å²) in [7, 11) is 0. The zero-order chi connectivity index (χ0) is 20.6. The molecule has 0 radical (unpaired) electrons. The third-order valence-corrected chi connectivity index (χ3v) is 4.58. The molecule has 0 bridgehead atoms. The van der Waals surface area contributed by atoms with Crippen molar-refractivity contribution in [3.63, 3.8) is 0 Å². The quantitative estimate of drug-likeness (QED) is 0.433. The molecule has 0 aliphatic carbocycles. The summed E-state index contributed by atoms with van der Waals surface area (Å²) in [6.07, 6.45) is 4.43. The third kappa shape index (κ3) is 5.75. The predicted molar refractivity (Wildman–Crippen MR) is 114 cm³/mol. The van der Waals surface area contributed by atoms with Gasteiger partial charge in [-0.25, -0.2) is 0 Å². The Hall–Kier alpha value is -3.47. The number of benzene rings is 2. The standard InChI is InChI=1S/C24H24N2O3/c1-17-8-9-21(19-10-12-25-13-11-19)16-23(17)26-24(28)7-4-14-29-22-6-3-5-20(15-22)18(2)27/h3,5-6,8-13,15-16H,4,7,14H2,1-2H3,(H,26,28). The molecule has 0 atom stereocenters. The molecule has 1 aromatic heterocycles. The fraction of sp³-hybridized carbons (Fsp3) is 0.208. The summed E-state index contributed by atoms with van der Waals surface area (Å²) in [6, 6.07) is 17.0. The highest BCUT2D eigenvalue weighted by Crippen LogP contribution is 2.25. The molecule has 0 saturated carbocycles. The Morgan fingerprint density at radius 2 is 1.79 bits per heavy atom. The van der Waals surface area contributed by atoms with Crippen molar-refractivity contribution >= 4 is 17.4 Å². The van der Waals surface area contributed by atoms with Gasteiger partial charge >= 0.3 is 0 Å². The second-order valence-corrected chi connectivity index (χ2v) is 6.85. The summed E-state index contributed by atoms with van der Waals surface area (Å²) < 4.78 is 5.66. The van der Waals surface area contributed by atoms with Gasteiger partial charge in [0.15, 0.2) is 5.78 Å². The maximum Gasteiger partial charge on any atom is 0.224 e. The lowest BCUT2D eigenvalue weighted by molar-refractivity contribution is -0.116. The summed E-state index contributed by atoms with van der Waals surface area (Å²) in [4.78, 5) is 27.8. The number of aromatic nitrogens is 1. The maximum atomic E-state index is 12.3. The van der Waals surface area contributed by atoms with Crippen LogP contribution < -0.4 is 10.1 Å². The predicted octanol–water partition coefficient (Wildman–Crippen LogP) is 5.06. The lowest BCUT2D eigenvalue weighted by atomic mass is 10.0. The topological polar surface area (TPSA) is 68.3 Å². The number of ether oxygens (including phenoxy) is 1. The first-order valence-corrected chi connectivity index (χ1v) is 9.57. The zero-order valence-electron chi connectivity index (χ0n) is 16.6. The normalized spacial score (nSPS) is 10.4. The van der Waals surface area contributed by atoms with Gasteiger partial charge in [0.2, 0.25) is 5.91 Å². The highest BCUT2D eigenvalue weighted by Gasteiger charge is 2.08. The van der Waals surface area contributed by atoms with Crippen molar-refractivity contribution in [2.45, 2.75) is 26.7 Å². The summed E-state index contributed by atoms with van der Waals surface area (Å²) >= 11 is 0. The Kier molecular flexibility index (Phi) is 6.74. The molecule has 148 valence electrons. The van der Waals surface area contributed by atoms with Crippen molar-refractivity contribution in [2.24, 2.45) is 0 Å². The Bertz CT molecular complexity index is 1000. The molecule has 0 aliphatic heterocycles. The van der Waals surface area contributed by atoms with Crippen molar-refractivity contribution in [3.8, 4) is 16.9 Å². The monoisotopic (exact) mass is 388 g/mol. The van der Waals surface area contributed by atoms with Gasteiger partial charge in [-0.05, 0) is 67.3 Å². The molecule has 0 fully saturated rings. The first-order chi connectivity index (χ1) is 14.0. The second-order valence-electron chi connectivity index (χ2n) is 6.85. The van der Waals surface area contributed by atoms with E-state index in [1.54, 1.807) is 36.7 Å². The van der Waals surface area contributed by atoms with Crippen molar-refractivity contribution in [1.82, 2.24) is 4.98 Å². The summed E-state index contributed by atoms with van der Waals surface area (Å²) in [5.41, 5.74) is 4.51. The van der Waals surface area contributed by atoms with Crippen molar-refractivity contribution in [1.29, 1.82) is 0 Å². The summed E-state index contributed by atoms with van der Waals surface area (Å²) in [6.45, 7) is 3.90. The number of amides is 1. The van der Waals surface area contributed by atoms with Crippen molar-refractivity contribution < 1.29 is 14.3 Å². The van der Waals surface area contributed by atoms with E-state index in [1.165, 1.54) is 6.92 Å². The minimum atomic E-state index is -0.0546. The van der Waals surface area contributed by atoms with Gasteiger partial charge in [0.25, 0.3) is 0 Å². The Morgan fingerprint density at radius 1 is 1.00 bits per heavy atom. The molecule has 5 heteroatoms. The van der Waals surface area contributed by atoms with Crippen molar-refractivity contribution in [2.75, 3.05) is 11.9 Å². The molecule has 1 N–H and O–H groups in total. The van der Waals surface area contributed by atoms with E-state index in [4.69, 9.17) is 4.74 Å². The summed E-state index contributed by atoms with van der Waals surface area (Å²) in [5.74, 6) is 0.583. The lowest BCUT2D eigenvalue weighted by Crippen LogP contribution is -2.13. The van der Waals surface area contributed by atoms with E-state index in [-0.39, 0.29) is 11.7 Å². The average Bonchev–Trinajstić information content (AvgIpc) is 2.73. The number of hydrogen-bond donors (Lipinski definition) is 1. The molecule has 29 heavy (non-hydrogen) atoms. The van der Waals surface area contributed by atoms with Gasteiger partial charge in [0.1, 0.15) is 5.75 Å². The molecule has 0 unspecified atom stereocenters. The number of Topliss-reactive ketones (excluding diaryl/α,β-unsaturated/α-hetero) is 1. The number of rotatable bonds is 8. The van der Waals surface area contributed by atoms with Crippen LogP contribution in [0.2, 0.25) is 0 Å². The van der Waals surface area contributed by atoms with Gasteiger partial charge < -0.3 is 10.1 Å². The van der Waals surface area contributed by atoms with Crippen LogP contribution in [0.3, 0.4) is 0 Å². The van der Waals surface area contributed by atoms with Crippen LogP contribution >= 0.6 is 0 Å². The molecule has 1 amide bonds. The van der Waals surface area contributed by atoms with Gasteiger partial charge in [-0.1, -0.05) is 24.3 Å². The van der Waals surface area contributed by atoms with Crippen LogP contribution in [0.4, 0.5) is 5.69 Å². The highest BCUT2D eigenvalue weighted by molar-refractivity contribution is 5.94. The first kappa shape index (κ1) is 20.3. The molecule has 0 spiro atoms. The molecular formula is C24H24N2O3. The van der Waals surface area contributed by atoms with Gasteiger partial charge in [-0.3, -0.25) is 14.6 Å². The number of ketones is 1. The minimum Gasteiger partial charge on any atom is -0.494 e. The van der Waals surface area contributed by atoms with Crippen LogP contribution in [0.25, 0.3) is 11.1 Å². The molecule has 0 aliphatic rings. The summed E-state index contributed by atoms with van der Waals surface area (Å²) in [5, 5.41) is 2.99. The number of pyridine rings is 1. The molecule has 5 nitrogen and oxygen atoms in total. The fourth-order valence-corrected chi connectivity index (χ4v) is 2.92. The third-order valence-electron chi connectivity index (χ3n) is 4.58. The van der Waals surface area contributed by atoms with E-state index < -0.39 is 0 Å². The molecule has 0 saturated heterocycles. The number of nitrogens with one attached hydrogen (secondary N) is 1. The van der Waals surface area contributed by atoms with E-state index >= 15 is 0 Å². The second kappa shape index (κ2) is 9.64. The highest BCUT2D eigenvalue weighted by atomic mass is 16.5. The van der Waals surface area contributed by atoms with Gasteiger partial charge in [-0.2, -0.15) is 0 Å². The molecular weight excluding hydrogens is 364 g/mol.